The Hall–Kier alpha value is -0.320. The molecule has 0 N–H and O–H groups in total. The topological polar surface area (TPSA) is 26.3 Å². The average Bonchev–Trinajstić information content (AvgIpc) is 2.22. The summed E-state index contributed by atoms with van der Waals surface area (Å²) in [4.78, 5) is 11.5. The molecule has 0 aromatic heterocycles. The summed E-state index contributed by atoms with van der Waals surface area (Å²) in [5.41, 5.74) is 1.20. The fourth-order valence-corrected chi connectivity index (χ4v) is 3.20. The molecule has 1 saturated heterocycles. The minimum Gasteiger partial charge on any atom is -0.379 e. The highest BCUT2D eigenvalue weighted by Crippen LogP contribution is 2.34. The lowest BCUT2D eigenvalue weighted by Gasteiger charge is -2.25. The zero-order valence-corrected chi connectivity index (χ0v) is 11.2. The lowest BCUT2D eigenvalue weighted by atomic mass is 10.1. The number of carbonyl (C=O) groups excluding carboxylic acids is 1. The van der Waals surface area contributed by atoms with E-state index in [0.717, 1.165) is 30.4 Å². The minimum atomic E-state index is 0.593. The highest BCUT2D eigenvalue weighted by atomic mass is 79.9. The Morgan fingerprint density at radius 2 is 2.31 bits per heavy atom. The van der Waals surface area contributed by atoms with E-state index in [1.807, 2.05) is 11.8 Å². The van der Waals surface area contributed by atoms with Gasteiger partial charge >= 0.3 is 0 Å². The van der Waals surface area contributed by atoms with Crippen LogP contribution in [0.15, 0.2) is 27.6 Å². The normalized spacial score (nSPS) is 15.8. The SMILES string of the molecule is O=CCCc1ccc(SC2COC2)c(Br)c1. The molecule has 1 fully saturated rings. The van der Waals surface area contributed by atoms with Gasteiger partial charge < -0.3 is 9.53 Å². The highest BCUT2D eigenvalue weighted by Gasteiger charge is 2.20. The number of hydrogen-bond acceptors (Lipinski definition) is 3. The van der Waals surface area contributed by atoms with Crippen molar-refractivity contribution < 1.29 is 9.53 Å². The van der Waals surface area contributed by atoms with Crippen LogP contribution in [-0.4, -0.2) is 24.7 Å². The van der Waals surface area contributed by atoms with Crippen LogP contribution < -0.4 is 0 Å². The number of aldehydes is 1. The van der Waals surface area contributed by atoms with Crippen molar-refractivity contribution in [2.45, 2.75) is 23.0 Å². The molecule has 0 spiro atoms. The van der Waals surface area contributed by atoms with Crippen LogP contribution in [0.1, 0.15) is 12.0 Å². The monoisotopic (exact) mass is 300 g/mol. The van der Waals surface area contributed by atoms with Crippen LogP contribution in [0.3, 0.4) is 0 Å². The van der Waals surface area contributed by atoms with Gasteiger partial charge in [-0.3, -0.25) is 0 Å². The van der Waals surface area contributed by atoms with E-state index < -0.39 is 0 Å². The summed E-state index contributed by atoms with van der Waals surface area (Å²) in [7, 11) is 0. The molecule has 16 heavy (non-hydrogen) atoms. The predicted octanol–water partition coefficient (Wildman–Crippen LogP) is 3.07. The molecule has 4 heteroatoms. The van der Waals surface area contributed by atoms with Crippen LogP contribution in [0.4, 0.5) is 0 Å². The lowest BCUT2D eigenvalue weighted by Crippen LogP contribution is -2.30. The fourth-order valence-electron chi connectivity index (χ4n) is 1.48. The van der Waals surface area contributed by atoms with Crippen LogP contribution in [0.2, 0.25) is 0 Å². The number of thioether (sulfide) groups is 1. The number of hydrogen-bond donors (Lipinski definition) is 0. The van der Waals surface area contributed by atoms with Crippen molar-refractivity contribution >= 4 is 34.0 Å². The summed E-state index contributed by atoms with van der Waals surface area (Å²) in [6, 6.07) is 6.31. The Bertz CT molecular complexity index is 377. The molecule has 0 unspecified atom stereocenters. The van der Waals surface area contributed by atoms with Gasteiger partial charge in [-0.15, -0.1) is 11.8 Å². The maximum atomic E-state index is 10.3. The van der Waals surface area contributed by atoms with Gasteiger partial charge in [-0.05, 0) is 40.0 Å². The molecule has 2 rings (SSSR count). The van der Waals surface area contributed by atoms with Crippen molar-refractivity contribution in [1.82, 2.24) is 0 Å². The third-order valence-electron chi connectivity index (χ3n) is 2.45. The van der Waals surface area contributed by atoms with Crippen LogP contribution in [-0.2, 0) is 16.0 Å². The molecule has 1 aromatic rings. The van der Waals surface area contributed by atoms with E-state index in [2.05, 4.69) is 34.1 Å². The zero-order chi connectivity index (χ0) is 11.4. The summed E-state index contributed by atoms with van der Waals surface area (Å²) in [6.45, 7) is 1.70. The third kappa shape index (κ3) is 3.09. The first kappa shape index (κ1) is 12.1. The lowest BCUT2D eigenvalue weighted by molar-refractivity contribution is -0.107. The Balaban J connectivity index is 2.00. The maximum Gasteiger partial charge on any atom is 0.120 e. The number of aryl methyl sites for hydroxylation is 1. The van der Waals surface area contributed by atoms with Gasteiger partial charge in [0.15, 0.2) is 0 Å². The largest absolute Gasteiger partial charge is 0.379 e. The first-order valence-electron chi connectivity index (χ1n) is 5.26. The number of ether oxygens (including phenoxy) is 1. The molecular weight excluding hydrogens is 288 g/mol. The molecule has 1 aliphatic heterocycles. The molecule has 0 atom stereocenters. The molecule has 86 valence electrons. The predicted molar refractivity (Wildman–Crippen MR) is 69.0 cm³/mol. The van der Waals surface area contributed by atoms with Crippen molar-refractivity contribution in [1.29, 1.82) is 0 Å². The Labute approximate surface area is 108 Å². The van der Waals surface area contributed by atoms with E-state index in [4.69, 9.17) is 4.74 Å². The van der Waals surface area contributed by atoms with Crippen LogP contribution >= 0.6 is 27.7 Å². The minimum absolute atomic E-state index is 0.593. The van der Waals surface area contributed by atoms with Crippen LogP contribution in [0.5, 0.6) is 0 Å². The molecule has 0 bridgehead atoms. The maximum absolute atomic E-state index is 10.3. The third-order valence-corrected chi connectivity index (χ3v) is 4.58. The Kier molecular flexibility index (Phi) is 4.44. The first-order valence-corrected chi connectivity index (χ1v) is 6.93. The van der Waals surface area contributed by atoms with Crippen molar-refractivity contribution in [3.63, 3.8) is 0 Å². The summed E-state index contributed by atoms with van der Waals surface area (Å²) in [5.74, 6) is 0. The van der Waals surface area contributed by atoms with E-state index in [9.17, 15) is 4.79 Å². The second kappa shape index (κ2) is 5.84. The van der Waals surface area contributed by atoms with Gasteiger partial charge in [-0.25, -0.2) is 0 Å². The number of benzene rings is 1. The first-order chi connectivity index (χ1) is 7.79. The van der Waals surface area contributed by atoms with Crippen molar-refractivity contribution in [3.8, 4) is 0 Å². The van der Waals surface area contributed by atoms with Gasteiger partial charge in [0.2, 0.25) is 0 Å². The van der Waals surface area contributed by atoms with Gasteiger partial charge in [0.05, 0.1) is 18.5 Å². The molecule has 2 nitrogen and oxygen atoms in total. The quantitative estimate of drug-likeness (QED) is 0.782. The van der Waals surface area contributed by atoms with Gasteiger partial charge in [0.1, 0.15) is 6.29 Å². The van der Waals surface area contributed by atoms with E-state index in [0.29, 0.717) is 11.7 Å². The molecule has 1 aliphatic rings. The van der Waals surface area contributed by atoms with Crippen LogP contribution in [0.25, 0.3) is 0 Å². The van der Waals surface area contributed by atoms with E-state index in [-0.39, 0.29) is 0 Å². The zero-order valence-electron chi connectivity index (χ0n) is 8.82. The second-order valence-corrected chi connectivity index (χ2v) is 5.94. The molecule has 1 heterocycles. The van der Waals surface area contributed by atoms with Crippen molar-refractivity contribution in [2.75, 3.05) is 13.2 Å². The molecule has 0 saturated carbocycles. The Morgan fingerprint density at radius 3 is 2.88 bits per heavy atom. The molecule has 0 aliphatic carbocycles. The van der Waals surface area contributed by atoms with Crippen LogP contribution in [0, 0.1) is 0 Å². The van der Waals surface area contributed by atoms with Gasteiger partial charge in [0.25, 0.3) is 0 Å². The van der Waals surface area contributed by atoms with E-state index in [1.165, 1.54) is 10.5 Å². The standard InChI is InChI=1S/C12H13BrO2S/c13-11-6-9(2-1-5-14)3-4-12(11)16-10-7-15-8-10/h3-6,10H,1-2,7-8H2. The van der Waals surface area contributed by atoms with E-state index in [1.54, 1.807) is 0 Å². The molecule has 1 aromatic carbocycles. The molecule has 0 amide bonds. The highest BCUT2D eigenvalue weighted by molar-refractivity contribution is 9.10. The summed E-state index contributed by atoms with van der Waals surface area (Å²) in [6.07, 6.45) is 2.37. The smallest absolute Gasteiger partial charge is 0.120 e. The van der Waals surface area contributed by atoms with Crippen molar-refractivity contribution in [3.05, 3.63) is 28.2 Å². The van der Waals surface area contributed by atoms with Gasteiger partial charge in [-0.2, -0.15) is 0 Å². The van der Waals surface area contributed by atoms with E-state index >= 15 is 0 Å². The average molecular weight is 301 g/mol. The number of halogens is 1. The molecular formula is C12H13BrO2S. The Morgan fingerprint density at radius 1 is 1.50 bits per heavy atom. The summed E-state index contributed by atoms with van der Waals surface area (Å²) < 4.78 is 6.27. The van der Waals surface area contributed by atoms with Crippen molar-refractivity contribution in [2.24, 2.45) is 0 Å². The number of carbonyl (C=O) groups is 1. The van der Waals surface area contributed by atoms with Gasteiger partial charge in [-0.1, -0.05) is 6.07 Å². The number of rotatable bonds is 5. The summed E-state index contributed by atoms with van der Waals surface area (Å²) in [5, 5.41) is 0.595. The fraction of sp³-hybridized carbons (Fsp3) is 0.417. The summed E-state index contributed by atoms with van der Waals surface area (Å²) >= 11 is 5.42. The molecule has 0 radical (unpaired) electrons. The van der Waals surface area contributed by atoms with Gasteiger partial charge in [0, 0.05) is 15.8 Å². The second-order valence-electron chi connectivity index (χ2n) is 3.75.